The fourth-order valence-electron chi connectivity index (χ4n) is 1.76. The molecule has 5 heteroatoms. The van der Waals surface area contributed by atoms with Gasteiger partial charge in [0.15, 0.2) is 5.96 Å². The number of rotatable bonds is 8. The van der Waals surface area contributed by atoms with Crippen LogP contribution in [0.5, 0.6) is 0 Å². The van der Waals surface area contributed by atoms with Gasteiger partial charge in [-0.3, -0.25) is 4.99 Å². The third-order valence-corrected chi connectivity index (χ3v) is 3.08. The molecule has 1 aromatic carbocycles. The molecule has 118 valence electrons. The first-order valence-corrected chi connectivity index (χ1v) is 7.76. The zero-order valence-corrected chi connectivity index (χ0v) is 13.9. The van der Waals surface area contributed by atoms with Crippen LogP contribution < -0.4 is 10.6 Å². The molecule has 0 spiro atoms. The lowest BCUT2D eigenvalue weighted by atomic mass is 10.1. The topological polar surface area (TPSA) is 45.7 Å². The number of hydrogen-bond donors (Lipinski definition) is 2. The molecule has 1 rings (SSSR count). The summed E-state index contributed by atoms with van der Waals surface area (Å²) in [6, 6.07) is 7.91. The summed E-state index contributed by atoms with van der Waals surface area (Å²) in [6.07, 6.45) is 0.932. The van der Waals surface area contributed by atoms with E-state index in [-0.39, 0.29) is 0 Å². The van der Waals surface area contributed by atoms with E-state index in [0.29, 0.717) is 12.5 Å². The number of hydrogen-bond acceptors (Lipinski definition) is 2. The van der Waals surface area contributed by atoms with Gasteiger partial charge in [-0.1, -0.05) is 37.6 Å². The Hall–Kier alpha value is -1.26. The fourth-order valence-corrected chi connectivity index (χ4v) is 1.88. The standard InChI is InChI=1S/C16H26ClN3O/c1-13(2)12-21-11-10-20-16(18-3)19-9-8-14-4-6-15(17)7-5-14/h4-7,13H,8-12H2,1-3H3,(H2,18,19,20). The van der Waals surface area contributed by atoms with E-state index in [1.807, 2.05) is 24.3 Å². The van der Waals surface area contributed by atoms with Crippen molar-refractivity contribution < 1.29 is 4.74 Å². The molecule has 0 radical (unpaired) electrons. The predicted molar refractivity (Wildman–Crippen MR) is 90.2 cm³/mol. The van der Waals surface area contributed by atoms with E-state index in [1.165, 1.54) is 5.56 Å². The number of aliphatic imine (C=N–C) groups is 1. The van der Waals surface area contributed by atoms with Crippen LogP contribution in [-0.4, -0.2) is 39.3 Å². The van der Waals surface area contributed by atoms with Gasteiger partial charge in [0.1, 0.15) is 0 Å². The highest BCUT2D eigenvalue weighted by atomic mass is 35.5. The number of ether oxygens (including phenoxy) is 1. The quantitative estimate of drug-likeness (QED) is 0.441. The molecule has 0 bridgehead atoms. The molecule has 21 heavy (non-hydrogen) atoms. The number of nitrogens with zero attached hydrogens (tertiary/aromatic N) is 1. The fraction of sp³-hybridized carbons (Fsp3) is 0.562. The summed E-state index contributed by atoms with van der Waals surface area (Å²) in [5, 5.41) is 7.28. The summed E-state index contributed by atoms with van der Waals surface area (Å²) in [4.78, 5) is 4.18. The summed E-state index contributed by atoms with van der Waals surface area (Å²) < 4.78 is 5.52. The predicted octanol–water partition coefficient (Wildman–Crippen LogP) is 2.72. The Balaban J connectivity index is 2.15. The van der Waals surface area contributed by atoms with E-state index in [2.05, 4.69) is 29.5 Å². The van der Waals surface area contributed by atoms with Gasteiger partial charge in [0, 0.05) is 31.8 Å². The van der Waals surface area contributed by atoms with Gasteiger partial charge < -0.3 is 15.4 Å². The first-order chi connectivity index (χ1) is 10.1. The van der Waals surface area contributed by atoms with E-state index in [1.54, 1.807) is 7.05 Å². The van der Waals surface area contributed by atoms with Gasteiger partial charge in [0.2, 0.25) is 0 Å². The van der Waals surface area contributed by atoms with Crippen molar-refractivity contribution in [2.75, 3.05) is 33.4 Å². The Morgan fingerprint density at radius 1 is 1.19 bits per heavy atom. The van der Waals surface area contributed by atoms with Gasteiger partial charge in [-0.25, -0.2) is 0 Å². The number of guanidine groups is 1. The highest BCUT2D eigenvalue weighted by Crippen LogP contribution is 2.09. The Labute approximate surface area is 132 Å². The zero-order chi connectivity index (χ0) is 15.5. The molecule has 0 aliphatic heterocycles. The monoisotopic (exact) mass is 311 g/mol. The van der Waals surface area contributed by atoms with Gasteiger partial charge >= 0.3 is 0 Å². The largest absolute Gasteiger partial charge is 0.379 e. The minimum atomic E-state index is 0.571. The first kappa shape index (κ1) is 17.8. The minimum Gasteiger partial charge on any atom is -0.379 e. The zero-order valence-electron chi connectivity index (χ0n) is 13.2. The van der Waals surface area contributed by atoms with Crippen LogP contribution in [0.2, 0.25) is 5.02 Å². The van der Waals surface area contributed by atoms with Crippen molar-refractivity contribution in [3.05, 3.63) is 34.9 Å². The SMILES string of the molecule is CN=C(NCCOCC(C)C)NCCc1ccc(Cl)cc1. The van der Waals surface area contributed by atoms with Crippen LogP contribution in [0.15, 0.2) is 29.3 Å². The van der Waals surface area contributed by atoms with Gasteiger partial charge in [-0.15, -0.1) is 0 Å². The smallest absolute Gasteiger partial charge is 0.191 e. The Bertz CT molecular complexity index is 418. The van der Waals surface area contributed by atoms with Crippen LogP contribution in [0, 0.1) is 5.92 Å². The van der Waals surface area contributed by atoms with E-state index in [0.717, 1.165) is 37.1 Å². The number of benzene rings is 1. The van der Waals surface area contributed by atoms with Crippen molar-refractivity contribution in [3.8, 4) is 0 Å². The second-order valence-electron chi connectivity index (χ2n) is 5.27. The van der Waals surface area contributed by atoms with Crippen LogP contribution in [-0.2, 0) is 11.2 Å². The Kier molecular flexibility index (Phi) is 8.87. The third-order valence-electron chi connectivity index (χ3n) is 2.83. The molecule has 4 nitrogen and oxygen atoms in total. The molecule has 0 atom stereocenters. The van der Waals surface area contributed by atoms with Gasteiger partial charge in [0.25, 0.3) is 0 Å². The van der Waals surface area contributed by atoms with Crippen LogP contribution in [0.25, 0.3) is 0 Å². The lowest BCUT2D eigenvalue weighted by Gasteiger charge is -2.12. The minimum absolute atomic E-state index is 0.571. The van der Waals surface area contributed by atoms with Crippen LogP contribution in [0.1, 0.15) is 19.4 Å². The van der Waals surface area contributed by atoms with E-state index < -0.39 is 0 Å². The average molecular weight is 312 g/mol. The lowest BCUT2D eigenvalue weighted by Crippen LogP contribution is -2.39. The molecular weight excluding hydrogens is 286 g/mol. The van der Waals surface area contributed by atoms with E-state index in [4.69, 9.17) is 16.3 Å². The molecule has 2 N–H and O–H groups in total. The number of nitrogens with one attached hydrogen (secondary N) is 2. The maximum atomic E-state index is 5.86. The average Bonchev–Trinajstić information content (AvgIpc) is 2.46. The molecule has 0 amide bonds. The molecule has 0 unspecified atom stereocenters. The van der Waals surface area contributed by atoms with Crippen molar-refractivity contribution in [3.63, 3.8) is 0 Å². The second-order valence-corrected chi connectivity index (χ2v) is 5.71. The molecular formula is C16H26ClN3O. The maximum absolute atomic E-state index is 5.86. The van der Waals surface area contributed by atoms with Gasteiger partial charge in [-0.05, 0) is 30.0 Å². The molecule has 0 aliphatic rings. The van der Waals surface area contributed by atoms with E-state index in [9.17, 15) is 0 Å². The molecule has 0 fully saturated rings. The van der Waals surface area contributed by atoms with Crippen molar-refractivity contribution in [2.45, 2.75) is 20.3 Å². The summed E-state index contributed by atoms with van der Waals surface area (Å²) in [7, 11) is 1.77. The molecule has 0 heterocycles. The summed E-state index contributed by atoms with van der Waals surface area (Å²) in [6.45, 7) is 7.36. The molecule has 0 aliphatic carbocycles. The van der Waals surface area contributed by atoms with E-state index >= 15 is 0 Å². The highest BCUT2D eigenvalue weighted by Gasteiger charge is 1.99. The first-order valence-electron chi connectivity index (χ1n) is 7.38. The Morgan fingerprint density at radius 3 is 2.48 bits per heavy atom. The second kappa shape index (κ2) is 10.5. The molecule has 0 aromatic heterocycles. The van der Waals surface area contributed by atoms with Crippen molar-refractivity contribution in [1.82, 2.24) is 10.6 Å². The van der Waals surface area contributed by atoms with Crippen LogP contribution >= 0.6 is 11.6 Å². The summed E-state index contributed by atoms with van der Waals surface area (Å²) in [5.41, 5.74) is 1.25. The third kappa shape index (κ3) is 8.58. The van der Waals surface area contributed by atoms with Crippen LogP contribution in [0.4, 0.5) is 0 Å². The lowest BCUT2D eigenvalue weighted by molar-refractivity contribution is 0.114. The number of halogens is 1. The van der Waals surface area contributed by atoms with Gasteiger partial charge in [0.05, 0.1) is 6.61 Å². The van der Waals surface area contributed by atoms with Crippen LogP contribution in [0.3, 0.4) is 0 Å². The molecule has 1 aromatic rings. The highest BCUT2D eigenvalue weighted by molar-refractivity contribution is 6.30. The maximum Gasteiger partial charge on any atom is 0.191 e. The summed E-state index contributed by atoms with van der Waals surface area (Å²) in [5.74, 6) is 1.37. The van der Waals surface area contributed by atoms with Gasteiger partial charge in [-0.2, -0.15) is 0 Å². The van der Waals surface area contributed by atoms with Crippen molar-refractivity contribution >= 4 is 17.6 Å². The normalized spacial score (nSPS) is 11.8. The Morgan fingerprint density at radius 2 is 1.86 bits per heavy atom. The van der Waals surface area contributed by atoms with Crippen molar-refractivity contribution in [1.29, 1.82) is 0 Å². The van der Waals surface area contributed by atoms with Crippen molar-refractivity contribution in [2.24, 2.45) is 10.9 Å². The summed E-state index contributed by atoms with van der Waals surface area (Å²) >= 11 is 5.86. The molecule has 0 saturated heterocycles. The molecule has 0 saturated carbocycles.